The van der Waals surface area contributed by atoms with Crippen LogP contribution >= 0.6 is 11.6 Å². The molecule has 1 rings (SSSR count). The summed E-state index contributed by atoms with van der Waals surface area (Å²) < 4.78 is 0. The van der Waals surface area contributed by atoms with Gasteiger partial charge in [-0.2, -0.15) is 0 Å². The third-order valence-electron chi connectivity index (χ3n) is 1.87. The van der Waals surface area contributed by atoms with Gasteiger partial charge in [-0.05, 0) is 31.0 Å². The lowest BCUT2D eigenvalue weighted by Gasteiger charge is -2.07. The van der Waals surface area contributed by atoms with E-state index in [0.29, 0.717) is 11.4 Å². The molecule has 13 heavy (non-hydrogen) atoms. The van der Waals surface area contributed by atoms with E-state index in [2.05, 4.69) is 0 Å². The summed E-state index contributed by atoms with van der Waals surface area (Å²) in [7, 11) is 0. The molecular weight excluding hydrogens is 186 g/mol. The third kappa shape index (κ3) is 3.17. The SMILES string of the molecule is CC(=O)[C@H](N)Cc1cccc(Cl)c1. The van der Waals surface area contributed by atoms with Crippen molar-refractivity contribution < 1.29 is 4.79 Å². The summed E-state index contributed by atoms with van der Waals surface area (Å²) in [6.45, 7) is 1.50. The average Bonchev–Trinajstić information content (AvgIpc) is 2.04. The van der Waals surface area contributed by atoms with Gasteiger partial charge in [0.1, 0.15) is 5.78 Å². The Bertz CT molecular complexity index is 312. The summed E-state index contributed by atoms with van der Waals surface area (Å²) >= 11 is 5.78. The second-order valence-electron chi connectivity index (χ2n) is 3.05. The largest absolute Gasteiger partial charge is 0.321 e. The Morgan fingerprint density at radius 3 is 2.85 bits per heavy atom. The van der Waals surface area contributed by atoms with Gasteiger partial charge >= 0.3 is 0 Å². The minimum atomic E-state index is -0.418. The van der Waals surface area contributed by atoms with E-state index in [0.717, 1.165) is 5.56 Å². The molecule has 2 nitrogen and oxygen atoms in total. The van der Waals surface area contributed by atoms with Crippen LogP contribution in [0.1, 0.15) is 12.5 Å². The summed E-state index contributed by atoms with van der Waals surface area (Å²) in [5.74, 6) is -0.0000227. The number of halogens is 1. The molecule has 0 aliphatic rings. The van der Waals surface area contributed by atoms with Gasteiger partial charge < -0.3 is 5.73 Å². The Hall–Kier alpha value is -0.860. The molecule has 2 N–H and O–H groups in total. The Labute approximate surface area is 82.7 Å². The molecule has 0 bridgehead atoms. The van der Waals surface area contributed by atoms with Crippen molar-refractivity contribution in [2.45, 2.75) is 19.4 Å². The number of benzene rings is 1. The predicted octanol–water partition coefficient (Wildman–Crippen LogP) is 1.80. The molecule has 70 valence electrons. The van der Waals surface area contributed by atoms with Gasteiger partial charge in [-0.3, -0.25) is 4.79 Å². The summed E-state index contributed by atoms with van der Waals surface area (Å²) in [5.41, 5.74) is 6.60. The molecule has 0 amide bonds. The molecule has 3 heteroatoms. The van der Waals surface area contributed by atoms with Crippen molar-refractivity contribution in [1.29, 1.82) is 0 Å². The fraction of sp³-hybridized carbons (Fsp3) is 0.300. The van der Waals surface area contributed by atoms with Crippen LogP contribution in [0.25, 0.3) is 0 Å². The molecule has 0 aliphatic carbocycles. The van der Waals surface area contributed by atoms with E-state index < -0.39 is 6.04 Å². The first-order chi connectivity index (χ1) is 6.09. The van der Waals surface area contributed by atoms with Gasteiger partial charge in [0.25, 0.3) is 0 Å². The van der Waals surface area contributed by atoms with Gasteiger partial charge in [0.05, 0.1) is 6.04 Å². The molecule has 0 saturated heterocycles. The highest BCUT2D eigenvalue weighted by Gasteiger charge is 2.08. The van der Waals surface area contributed by atoms with Crippen molar-refractivity contribution in [3.05, 3.63) is 34.9 Å². The molecule has 0 radical (unpaired) electrons. The first kappa shape index (κ1) is 10.2. The minimum absolute atomic E-state index is 0.0000227. The normalized spacial score (nSPS) is 12.5. The van der Waals surface area contributed by atoms with Crippen LogP contribution in [-0.2, 0) is 11.2 Å². The van der Waals surface area contributed by atoms with Crippen molar-refractivity contribution in [3.8, 4) is 0 Å². The van der Waals surface area contributed by atoms with Gasteiger partial charge in [-0.15, -0.1) is 0 Å². The minimum Gasteiger partial charge on any atom is -0.321 e. The molecule has 0 heterocycles. The summed E-state index contributed by atoms with van der Waals surface area (Å²) in [5, 5.41) is 0.674. The van der Waals surface area contributed by atoms with Gasteiger partial charge in [0, 0.05) is 5.02 Å². The molecular formula is C10H12ClNO. The molecule has 0 saturated carbocycles. The fourth-order valence-electron chi connectivity index (χ4n) is 1.06. The molecule has 0 fully saturated rings. The molecule has 1 aromatic rings. The summed E-state index contributed by atoms with van der Waals surface area (Å²) in [6, 6.07) is 6.96. The number of carbonyl (C=O) groups is 1. The zero-order valence-electron chi connectivity index (χ0n) is 7.46. The van der Waals surface area contributed by atoms with E-state index in [1.807, 2.05) is 18.2 Å². The van der Waals surface area contributed by atoms with E-state index in [1.54, 1.807) is 6.07 Å². The highest BCUT2D eigenvalue weighted by Crippen LogP contribution is 2.11. The zero-order valence-corrected chi connectivity index (χ0v) is 8.21. The summed E-state index contributed by atoms with van der Waals surface area (Å²) in [4.78, 5) is 10.9. The van der Waals surface area contributed by atoms with Crippen molar-refractivity contribution in [3.63, 3.8) is 0 Å². The number of ketones is 1. The number of carbonyl (C=O) groups excluding carboxylic acids is 1. The average molecular weight is 198 g/mol. The van der Waals surface area contributed by atoms with Crippen LogP contribution in [0, 0.1) is 0 Å². The Balaban J connectivity index is 2.69. The number of rotatable bonds is 3. The van der Waals surface area contributed by atoms with E-state index >= 15 is 0 Å². The predicted molar refractivity (Wildman–Crippen MR) is 53.8 cm³/mol. The van der Waals surface area contributed by atoms with Crippen molar-refractivity contribution in [1.82, 2.24) is 0 Å². The van der Waals surface area contributed by atoms with Crippen LogP contribution in [0.3, 0.4) is 0 Å². The Kier molecular flexibility index (Phi) is 3.46. The molecule has 0 aliphatic heterocycles. The van der Waals surface area contributed by atoms with E-state index in [4.69, 9.17) is 17.3 Å². The van der Waals surface area contributed by atoms with Crippen LogP contribution in [0.15, 0.2) is 24.3 Å². The van der Waals surface area contributed by atoms with Crippen LogP contribution in [0.2, 0.25) is 5.02 Å². The lowest BCUT2D eigenvalue weighted by molar-refractivity contribution is -0.118. The van der Waals surface area contributed by atoms with Crippen LogP contribution < -0.4 is 5.73 Å². The number of nitrogens with two attached hydrogens (primary N) is 1. The highest BCUT2D eigenvalue weighted by molar-refractivity contribution is 6.30. The molecule has 0 aromatic heterocycles. The molecule has 1 aromatic carbocycles. The fourth-order valence-corrected chi connectivity index (χ4v) is 1.27. The molecule has 0 spiro atoms. The van der Waals surface area contributed by atoms with Crippen LogP contribution in [-0.4, -0.2) is 11.8 Å². The first-order valence-corrected chi connectivity index (χ1v) is 4.48. The van der Waals surface area contributed by atoms with E-state index in [1.165, 1.54) is 6.92 Å². The van der Waals surface area contributed by atoms with E-state index in [9.17, 15) is 4.79 Å². The van der Waals surface area contributed by atoms with Gasteiger partial charge in [-0.1, -0.05) is 23.7 Å². The standard InChI is InChI=1S/C10H12ClNO/c1-7(13)10(12)6-8-3-2-4-9(11)5-8/h2-5,10H,6,12H2,1H3/t10-/m1/s1. The number of hydrogen-bond donors (Lipinski definition) is 1. The maximum absolute atomic E-state index is 10.9. The second-order valence-corrected chi connectivity index (χ2v) is 3.49. The van der Waals surface area contributed by atoms with Crippen LogP contribution in [0.5, 0.6) is 0 Å². The maximum atomic E-state index is 10.9. The van der Waals surface area contributed by atoms with Crippen molar-refractivity contribution in [2.24, 2.45) is 5.73 Å². The monoisotopic (exact) mass is 197 g/mol. The topological polar surface area (TPSA) is 43.1 Å². The summed E-state index contributed by atoms with van der Waals surface area (Å²) in [6.07, 6.45) is 0.551. The number of Topliss-reactive ketones (excluding diaryl/α,β-unsaturated/α-hetero) is 1. The smallest absolute Gasteiger partial charge is 0.146 e. The van der Waals surface area contributed by atoms with Crippen molar-refractivity contribution in [2.75, 3.05) is 0 Å². The Morgan fingerprint density at radius 2 is 2.31 bits per heavy atom. The number of hydrogen-bond acceptors (Lipinski definition) is 2. The zero-order chi connectivity index (χ0) is 9.84. The lowest BCUT2D eigenvalue weighted by Crippen LogP contribution is -2.30. The second kappa shape index (κ2) is 4.40. The maximum Gasteiger partial charge on any atom is 0.146 e. The van der Waals surface area contributed by atoms with Gasteiger partial charge in [0.15, 0.2) is 0 Å². The first-order valence-electron chi connectivity index (χ1n) is 4.10. The van der Waals surface area contributed by atoms with Crippen molar-refractivity contribution >= 4 is 17.4 Å². The van der Waals surface area contributed by atoms with E-state index in [-0.39, 0.29) is 5.78 Å². The third-order valence-corrected chi connectivity index (χ3v) is 2.10. The Morgan fingerprint density at radius 1 is 1.62 bits per heavy atom. The highest BCUT2D eigenvalue weighted by atomic mass is 35.5. The van der Waals surface area contributed by atoms with Gasteiger partial charge in [0.2, 0.25) is 0 Å². The quantitative estimate of drug-likeness (QED) is 0.803. The van der Waals surface area contributed by atoms with Gasteiger partial charge in [-0.25, -0.2) is 0 Å². The molecule has 1 atom stereocenters. The van der Waals surface area contributed by atoms with Crippen LogP contribution in [0.4, 0.5) is 0 Å². The molecule has 0 unspecified atom stereocenters. The lowest BCUT2D eigenvalue weighted by atomic mass is 10.0.